The van der Waals surface area contributed by atoms with Gasteiger partial charge in [0.25, 0.3) is 0 Å². The third-order valence-electron chi connectivity index (χ3n) is 4.25. The van der Waals surface area contributed by atoms with Gasteiger partial charge in [-0.3, -0.25) is 0 Å². The van der Waals surface area contributed by atoms with Crippen LogP contribution in [0, 0.1) is 13.8 Å². The predicted octanol–water partition coefficient (Wildman–Crippen LogP) is 3.12. The van der Waals surface area contributed by atoms with E-state index in [1.807, 2.05) is 13.0 Å². The van der Waals surface area contributed by atoms with Gasteiger partial charge in [0.15, 0.2) is 0 Å². The smallest absolute Gasteiger partial charge is 0.409 e. The van der Waals surface area contributed by atoms with E-state index in [9.17, 15) is 4.79 Å². The highest BCUT2D eigenvalue weighted by Crippen LogP contribution is 2.20. The van der Waals surface area contributed by atoms with Crippen molar-refractivity contribution in [2.75, 3.05) is 43.0 Å². The van der Waals surface area contributed by atoms with Crippen molar-refractivity contribution in [1.82, 2.24) is 14.9 Å². The molecule has 2 heterocycles. The summed E-state index contributed by atoms with van der Waals surface area (Å²) in [6.07, 6.45) is 1.51. The minimum Gasteiger partial charge on any atom is -0.450 e. The van der Waals surface area contributed by atoms with Gasteiger partial charge in [-0.05, 0) is 50.1 Å². The molecule has 7 nitrogen and oxygen atoms in total. The number of hydrogen-bond acceptors (Lipinski definition) is 6. The summed E-state index contributed by atoms with van der Waals surface area (Å²) in [4.78, 5) is 24.6. The molecule has 1 N–H and O–H groups in total. The van der Waals surface area contributed by atoms with Gasteiger partial charge in [-0.25, -0.2) is 9.78 Å². The molecule has 0 unspecified atom stereocenters. The number of ether oxygens (including phenoxy) is 1. The maximum atomic E-state index is 11.8. The van der Waals surface area contributed by atoms with Gasteiger partial charge in [0.05, 0.1) is 6.61 Å². The van der Waals surface area contributed by atoms with Gasteiger partial charge in [-0.1, -0.05) is 6.07 Å². The number of rotatable bonds is 4. The summed E-state index contributed by atoms with van der Waals surface area (Å²) in [5.74, 6) is 1.43. The average molecular weight is 355 g/mol. The standard InChI is InChI=1S/C19H25N5O2/c1-4-26-19(25)24-9-7-23(8-10-24)17-5-6-20-18(22-17)21-16-12-14(2)11-15(3)13-16/h5-6,11-13H,4,7-10H2,1-3H3,(H,20,21,22). The molecule has 0 atom stereocenters. The topological polar surface area (TPSA) is 70.6 Å². The van der Waals surface area contributed by atoms with Crippen molar-refractivity contribution in [2.45, 2.75) is 20.8 Å². The minimum atomic E-state index is -0.244. The fourth-order valence-corrected chi connectivity index (χ4v) is 3.09. The number of nitrogens with zero attached hydrogens (tertiary/aromatic N) is 4. The van der Waals surface area contributed by atoms with Gasteiger partial charge in [0.1, 0.15) is 5.82 Å². The summed E-state index contributed by atoms with van der Waals surface area (Å²) in [6.45, 7) is 9.05. The lowest BCUT2D eigenvalue weighted by atomic mass is 10.1. The fraction of sp³-hybridized carbons (Fsp3) is 0.421. The van der Waals surface area contributed by atoms with E-state index in [2.05, 4.69) is 52.2 Å². The second-order valence-electron chi connectivity index (χ2n) is 6.41. The quantitative estimate of drug-likeness (QED) is 0.909. The maximum absolute atomic E-state index is 11.8. The number of aryl methyl sites for hydroxylation is 2. The second-order valence-corrected chi connectivity index (χ2v) is 6.41. The van der Waals surface area contributed by atoms with E-state index in [0.717, 1.165) is 24.6 Å². The molecular weight excluding hydrogens is 330 g/mol. The van der Waals surface area contributed by atoms with Crippen molar-refractivity contribution >= 4 is 23.5 Å². The molecule has 1 aliphatic heterocycles. The molecule has 3 rings (SSSR count). The molecule has 1 aromatic carbocycles. The van der Waals surface area contributed by atoms with Crippen LogP contribution in [0.3, 0.4) is 0 Å². The van der Waals surface area contributed by atoms with Crippen molar-refractivity contribution in [3.8, 4) is 0 Å². The Labute approximate surface area is 154 Å². The molecule has 26 heavy (non-hydrogen) atoms. The Morgan fingerprint density at radius 2 is 1.85 bits per heavy atom. The number of anilines is 3. The fourth-order valence-electron chi connectivity index (χ4n) is 3.09. The molecule has 138 valence electrons. The van der Waals surface area contributed by atoms with Crippen molar-refractivity contribution in [3.63, 3.8) is 0 Å². The van der Waals surface area contributed by atoms with Gasteiger partial charge in [0, 0.05) is 38.1 Å². The van der Waals surface area contributed by atoms with E-state index in [1.54, 1.807) is 11.1 Å². The maximum Gasteiger partial charge on any atom is 0.409 e. The van der Waals surface area contributed by atoms with Crippen LogP contribution >= 0.6 is 0 Å². The first-order valence-corrected chi connectivity index (χ1v) is 8.90. The summed E-state index contributed by atoms with van der Waals surface area (Å²) in [5, 5.41) is 3.28. The highest BCUT2D eigenvalue weighted by Gasteiger charge is 2.22. The second kappa shape index (κ2) is 8.03. The Balaban J connectivity index is 1.65. The van der Waals surface area contributed by atoms with Gasteiger partial charge >= 0.3 is 6.09 Å². The third kappa shape index (κ3) is 4.41. The van der Waals surface area contributed by atoms with Crippen LogP contribution in [0.25, 0.3) is 0 Å². The first-order valence-electron chi connectivity index (χ1n) is 8.90. The number of amides is 1. The Hall–Kier alpha value is -2.83. The summed E-state index contributed by atoms with van der Waals surface area (Å²) in [6, 6.07) is 8.17. The zero-order chi connectivity index (χ0) is 18.5. The number of carbonyl (C=O) groups excluding carboxylic acids is 1. The van der Waals surface area contributed by atoms with Crippen LogP contribution in [0.2, 0.25) is 0 Å². The van der Waals surface area contributed by atoms with Crippen LogP contribution < -0.4 is 10.2 Å². The van der Waals surface area contributed by atoms with E-state index >= 15 is 0 Å². The van der Waals surface area contributed by atoms with E-state index < -0.39 is 0 Å². The van der Waals surface area contributed by atoms with Crippen molar-refractivity contribution in [2.24, 2.45) is 0 Å². The van der Waals surface area contributed by atoms with Gasteiger partial charge < -0.3 is 19.9 Å². The summed E-state index contributed by atoms with van der Waals surface area (Å²) < 4.78 is 5.06. The Morgan fingerprint density at radius 3 is 2.50 bits per heavy atom. The molecule has 1 aromatic heterocycles. The summed E-state index contributed by atoms with van der Waals surface area (Å²) in [5.41, 5.74) is 3.37. The normalized spacial score (nSPS) is 14.3. The van der Waals surface area contributed by atoms with Crippen LogP contribution in [0.15, 0.2) is 30.5 Å². The Kier molecular flexibility index (Phi) is 5.55. The Bertz CT molecular complexity index is 752. The van der Waals surface area contributed by atoms with Crippen molar-refractivity contribution in [3.05, 3.63) is 41.6 Å². The summed E-state index contributed by atoms with van der Waals surface area (Å²) >= 11 is 0. The van der Waals surface area contributed by atoms with E-state index in [-0.39, 0.29) is 6.09 Å². The molecule has 2 aromatic rings. The molecule has 0 radical (unpaired) electrons. The molecule has 0 spiro atoms. The predicted molar refractivity (Wildman–Crippen MR) is 102 cm³/mol. The highest BCUT2D eigenvalue weighted by atomic mass is 16.6. The van der Waals surface area contributed by atoms with Crippen LogP contribution in [-0.2, 0) is 4.74 Å². The highest BCUT2D eigenvalue weighted by molar-refractivity contribution is 5.68. The molecule has 1 aliphatic rings. The molecule has 1 saturated heterocycles. The summed E-state index contributed by atoms with van der Waals surface area (Å²) in [7, 11) is 0. The lowest BCUT2D eigenvalue weighted by Crippen LogP contribution is -2.49. The van der Waals surface area contributed by atoms with Crippen LogP contribution in [0.1, 0.15) is 18.1 Å². The zero-order valence-corrected chi connectivity index (χ0v) is 15.5. The molecule has 7 heteroatoms. The lowest BCUT2D eigenvalue weighted by Gasteiger charge is -2.34. The number of nitrogens with one attached hydrogen (secondary N) is 1. The molecule has 0 saturated carbocycles. The van der Waals surface area contributed by atoms with Crippen molar-refractivity contribution in [1.29, 1.82) is 0 Å². The third-order valence-corrected chi connectivity index (χ3v) is 4.25. The zero-order valence-electron chi connectivity index (χ0n) is 15.5. The van der Waals surface area contributed by atoms with Crippen LogP contribution in [0.5, 0.6) is 0 Å². The van der Waals surface area contributed by atoms with E-state index in [1.165, 1.54) is 11.1 Å². The van der Waals surface area contributed by atoms with Crippen LogP contribution in [0.4, 0.5) is 22.2 Å². The Morgan fingerprint density at radius 1 is 1.15 bits per heavy atom. The largest absolute Gasteiger partial charge is 0.450 e. The molecular formula is C19H25N5O2. The molecule has 1 fully saturated rings. The molecule has 0 bridgehead atoms. The number of piperazine rings is 1. The van der Waals surface area contributed by atoms with Crippen LogP contribution in [-0.4, -0.2) is 53.7 Å². The van der Waals surface area contributed by atoms with Crippen molar-refractivity contribution < 1.29 is 9.53 Å². The number of aromatic nitrogens is 2. The number of hydrogen-bond donors (Lipinski definition) is 1. The average Bonchev–Trinajstić information content (AvgIpc) is 2.61. The van der Waals surface area contributed by atoms with Gasteiger partial charge in [0.2, 0.25) is 5.95 Å². The SMILES string of the molecule is CCOC(=O)N1CCN(c2ccnc(Nc3cc(C)cc(C)c3)n2)CC1. The first-order chi connectivity index (χ1) is 12.5. The monoisotopic (exact) mass is 355 g/mol. The van der Waals surface area contributed by atoms with E-state index in [4.69, 9.17) is 4.74 Å². The van der Waals surface area contributed by atoms with E-state index in [0.29, 0.717) is 25.6 Å². The van der Waals surface area contributed by atoms with Gasteiger partial charge in [-0.15, -0.1) is 0 Å². The minimum absolute atomic E-state index is 0.244. The molecule has 1 amide bonds. The lowest BCUT2D eigenvalue weighted by molar-refractivity contribution is 0.105. The molecule has 0 aliphatic carbocycles. The number of benzene rings is 1. The first kappa shape index (κ1) is 18.0. The van der Waals surface area contributed by atoms with Gasteiger partial charge in [-0.2, -0.15) is 4.98 Å². The number of carbonyl (C=O) groups is 1.